The molecule has 29 heavy (non-hydrogen) atoms. The van der Waals surface area contributed by atoms with Gasteiger partial charge in [-0.3, -0.25) is 9.78 Å². The second-order valence-corrected chi connectivity index (χ2v) is 6.97. The minimum Gasteiger partial charge on any atom is -0.493 e. The lowest BCUT2D eigenvalue weighted by molar-refractivity contribution is 0.282. The fourth-order valence-electron chi connectivity index (χ4n) is 2.59. The molecule has 0 atom stereocenters. The van der Waals surface area contributed by atoms with Crippen molar-refractivity contribution in [2.24, 2.45) is 5.10 Å². The van der Waals surface area contributed by atoms with Gasteiger partial charge in [-0.05, 0) is 45.6 Å². The Kier molecular flexibility index (Phi) is 7.02. The Labute approximate surface area is 176 Å². The summed E-state index contributed by atoms with van der Waals surface area (Å²) in [4.78, 5) is 18.5. The van der Waals surface area contributed by atoms with E-state index < -0.39 is 0 Å². The minimum absolute atomic E-state index is 0.223. The number of H-pyrrole nitrogens is 1. The summed E-state index contributed by atoms with van der Waals surface area (Å²) in [6.45, 7) is 2.36. The molecule has 0 saturated carbocycles. The Morgan fingerprint density at radius 1 is 1.24 bits per heavy atom. The normalized spacial score (nSPS) is 10.9. The Morgan fingerprint density at radius 2 is 2.03 bits per heavy atom. The van der Waals surface area contributed by atoms with Crippen molar-refractivity contribution < 1.29 is 9.47 Å². The van der Waals surface area contributed by atoms with E-state index in [1.807, 2.05) is 49.4 Å². The molecule has 0 bridgehead atoms. The van der Waals surface area contributed by atoms with Crippen LogP contribution in [0.2, 0.25) is 0 Å². The number of aromatic nitrogens is 2. The van der Waals surface area contributed by atoms with Gasteiger partial charge in [0.25, 0.3) is 5.56 Å². The predicted molar refractivity (Wildman–Crippen MR) is 117 cm³/mol. The molecule has 3 aromatic rings. The average Bonchev–Trinajstić information content (AvgIpc) is 2.73. The molecule has 0 spiro atoms. The van der Waals surface area contributed by atoms with Gasteiger partial charge in [0.05, 0.1) is 17.8 Å². The van der Waals surface area contributed by atoms with Crippen LogP contribution in [0.25, 0.3) is 0 Å². The van der Waals surface area contributed by atoms with Gasteiger partial charge in [-0.2, -0.15) is 5.10 Å². The number of anilines is 1. The van der Waals surface area contributed by atoms with Crippen LogP contribution in [-0.2, 0) is 13.0 Å². The van der Waals surface area contributed by atoms with Gasteiger partial charge in [-0.1, -0.05) is 37.3 Å². The Hall–Kier alpha value is -3.13. The molecule has 1 heterocycles. The SMILES string of the molecule is CCc1cc(=O)[nH]c(N/N=C\c2cc(Br)c(OCc3ccccc3)c(OC)c2)n1. The van der Waals surface area contributed by atoms with Crippen LogP contribution in [-0.4, -0.2) is 23.3 Å². The molecule has 0 amide bonds. The smallest absolute Gasteiger partial charge is 0.252 e. The number of aryl methyl sites for hydroxylation is 1. The summed E-state index contributed by atoms with van der Waals surface area (Å²) >= 11 is 3.53. The van der Waals surface area contributed by atoms with Crippen molar-refractivity contribution in [2.45, 2.75) is 20.0 Å². The first-order chi connectivity index (χ1) is 14.1. The molecule has 3 rings (SSSR count). The lowest BCUT2D eigenvalue weighted by Gasteiger charge is -2.13. The molecule has 7 nitrogen and oxygen atoms in total. The highest BCUT2D eigenvalue weighted by atomic mass is 79.9. The molecule has 150 valence electrons. The van der Waals surface area contributed by atoms with Gasteiger partial charge in [-0.25, -0.2) is 10.4 Å². The average molecular weight is 457 g/mol. The number of rotatable bonds is 8. The fourth-order valence-corrected chi connectivity index (χ4v) is 3.17. The van der Waals surface area contributed by atoms with Crippen molar-refractivity contribution in [1.82, 2.24) is 9.97 Å². The van der Waals surface area contributed by atoms with Crippen molar-refractivity contribution in [3.63, 3.8) is 0 Å². The predicted octanol–water partition coefficient (Wildman–Crippen LogP) is 4.13. The van der Waals surface area contributed by atoms with Gasteiger partial charge in [0.2, 0.25) is 5.95 Å². The number of methoxy groups -OCH3 is 1. The van der Waals surface area contributed by atoms with E-state index in [1.165, 1.54) is 6.07 Å². The zero-order chi connectivity index (χ0) is 20.6. The van der Waals surface area contributed by atoms with Crippen LogP contribution >= 0.6 is 15.9 Å². The molecule has 0 unspecified atom stereocenters. The maximum absolute atomic E-state index is 11.6. The lowest BCUT2D eigenvalue weighted by Crippen LogP contribution is -2.11. The third-order valence-electron chi connectivity index (χ3n) is 4.02. The Bertz CT molecular complexity index is 1050. The van der Waals surface area contributed by atoms with E-state index in [0.29, 0.717) is 36.2 Å². The van der Waals surface area contributed by atoms with Crippen LogP contribution in [0.1, 0.15) is 23.7 Å². The summed E-state index contributed by atoms with van der Waals surface area (Å²) in [6.07, 6.45) is 2.27. The zero-order valence-corrected chi connectivity index (χ0v) is 17.7. The first-order valence-corrected chi connectivity index (χ1v) is 9.82. The third-order valence-corrected chi connectivity index (χ3v) is 4.61. The zero-order valence-electron chi connectivity index (χ0n) is 16.1. The molecule has 1 aromatic heterocycles. The maximum Gasteiger partial charge on any atom is 0.252 e. The van der Waals surface area contributed by atoms with Crippen molar-refractivity contribution in [1.29, 1.82) is 0 Å². The number of halogens is 1. The van der Waals surface area contributed by atoms with Crippen LogP contribution in [0, 0.1) is 0 Å². The van der Waals surface area contributed by atoms with Crippen molar-refractivity contribution >= 4 is 28.1 Å². The minimum atomic E-state index is -0.223. The first-order valence-electron chi connectivity index (χ1n) is 9.02. The van der Waals surface area contributed by atoms with E-state index in [9.17, 15) is 4.79 Å². The largest absolute Gasteiger partial charge is 0.493 e. The van der Waals surface area contributed by atoms with Crippen molar-refractivity contribution in [2.75, 3.05) is 12.5 Å². The molecule has 0 saturated heterocycles. The van der Waals surface area contributed by atoms with Gasteiger partial charge in [0.1, 0.15) is 6.61 Å². The van der Waals surface area contributed by atoms with E-state index in [-0.39, 0.29) is 5.56 Å². The Morgan fingerprint density at radius 3 is 2.76 bits per heavy atom. The molecule has 2 N–H and O–H groups in total. The number of aromatic amines is 1. The summed E-state index contributed by atoms with van der Waals surface area (Å²) < 4.78 is 12.1. The van der Waals surface area contributed by atoms with E-state index in [4.69, 9.17) is 9.47 Å². The summed E-state index contributed by atoms with van der Waals surface area (Å²) in [7, 11) is 1.58. The van der Waals surface area contributed by atoms with Crippen molar-refractivity contribution in [3.05, 3.63) is 80.2 Å². The first kappa shape index (κ1) is 20.6. The molecule has 0 radical (unpaired) electrons. The number of nitrogens with one attached hydrogen (secondary N) is 2. The van der Waals surface area contributed by atoms with Crippen LogP contribution in [0.5, 0.6) is 11.5 Å². The summed E-state index contributed by atoms with van der Waals surface area (Å²) in [5.74, 6) is 1.49. The fraction of sp³-hybridized carbons (Fsp3) is 0.190. The molecular formula is C21H21BrN4O3. The Balaban J connectivity index is 1.73. The molecule has 2 aromatic carbocycles. The number of hydrogen-bond donors (Lipinski definition) is 2. The highest BCUT2D eigenvalue weighted by Gasteiger charge is 2.11. The highest BCUT2D eigenvalue weighted by molar-refractivity contribution is 9.10. The summed E-state index contributed by atoms with van der Waals surface area (Å²) in [5.41, 5.74) is 5.05. The highest BCUT2D eigenvalue weighted by Crippen LogP contribution is 2.36. The number of benzene rings is 2. The van der Waals surface area contributed by atoms with E-state index in [1.54, 1.807) is 13.3 Å². The quantitative estimate of drug-likeness (QED) is 0.392. The second kappa shape index (κ2) is 9.88. The van der Waals surface area contributed by atoms with Gasteiger partial charge in [0, 0.05) is 11.8 Å². The van der Waals surface area contributed by atoms with Crippen LogP contribution in [0.4, 0.5) is 5.95 Å². The molecule has 0 aliphatic carbocycles. The second-order valence-electron chi connectivity index (χ2n) is 6.12. The molecule has 8 heteroatoms. The number of hydrazone groups is 1. The number of nitrogens with zero attached hydrogens (tertiary/aromatic N) is 2. The van der Waals surface area contributed by atoms with E-state index in [2.05, 4.69) is 36.4 Å². The van der Waals surface area contributed by atoms with Crippen LogP contribution in [0.3, 0.4) is 0 Å². The molecule has 0 fully saturated rings. The van der Waals surface area contributed by atoms with Gasteiger partial charge in [-0.15, -0.1) is 0 Å². The van der Waals surface area contributed by atoms with Crippen LogP contribution in [0.15, 0.2) is 62.9 Å². The maximum atomic E-state index is 11.6. The molecule has 0 aliphatic heterocycles. The van der Waals surface area contributed by atoms with Gasteiger partial charge >= 0.3 is 0 Å². The standard InChI is InChI=1S/C21H21BrN4O3/c1-3-16-11-19(27)25-21(24-16)26-23-12-15-9-17(22)20(18(10-15)28-2)29-13-14-7-5-4-6-8-14/h4-12H,3,13H2,1-2H3,(H2,24,25,26,27)/b23-12-. The monoisotopic (exact) mass is 456 g/mol. The lowest BCUT2D eigenvalue weighted by atomic mass is 10.2. The van der Waals surface area contributed by atoms with Gasteiger partial charge < -0.3 is 9.47 Å². The van der Waals surface area contributed by atoms with E-state index >= 15 is 0 Å². The van der Waals surface area contributed by atoms with Crippen LogP contribution < -0.4 is 20.5 Å². The molecular weight excluding hydrogens is 436 g/mol. The number of ether oxygens (including phenoxy) is 2. The third kappa shape index (κ3) is 5.68. The van der Waals surface area contributed by atoms with Gasteiger partial charge in [0.15, 0.2) is 11.5 Å². The molecule has 0 aliphatic rings. The van der Waals surface area contributed by atoms with Crippen molar-refractivity contribution in [3.8, 4) is 11.5 Å². The topological polar surface area (TPSA) is 88.6 Å². The van der Waals surface area contributed by atoms with E-state index in [0.717, 1.165) is 15.6 Å². The number of hydrogen-bond acceptors (Lipinski definition) is 6. The summed E-state index contributed by atoms with van der Waals surface area (Å²) in [5, 5.41) is 4.14. The summed E-state index contributed by atoms with van der Waals surface area (Å²) in [6, 6.07) is 15.0.